The molecule has 0 aliphatic rings. The van der Waals surface area contributed by atoms with Gasteiger partial charge < -0.3 is 15.7 Å². The molecule has 1 aromatic carbocycles. The van der Waals surface area contributed by atoms with Crippen molar-refractivity contribution in [2.75, 3.05) is 0 Å². The van der Waals surface area contributed by atoms with Crippen molar-refractivity contribution < 1.29 is 14.3 Å². The number of rotatable bonds is 3. The fraction of sp³-hybridized carbons (Fsp3) is 0.0769. The Labute approximate surface area is 109 Å². The fourth-order valence-corrected chi connectivity index (χ4v) is 1.59. The zero-order valence-corrected chi connectivity index (χ0v) is 10.2. The van der Waals surface area contributed by atoms with Crippen LogP contribution in [-0.2, 0) is 0 Å². The first-order valence-corrected chi connectivity index (χ1v) is 5.48. The average Bonchev–Trinajstić information content (AvgIpc) is 2.41. The maximum absolute atomic E-state index is 12.8. The van der Waals surface area contributed by atoms with E-state index in [2.05, 4.69) is 10.1 Å². The van der Waals surface area contributed by atoms with Crippen LogP contribution in [0.5, 0.6) is 11.6 Å². The van der Waals surface area contributed by atoms with Gasteiger partial charge in [-0.05, 0) is 42.8 Å². The van der Waals surface area contributed by atoms with Crippen LogP contribution >= 0.6 is 0 Å². The van der Waals surface area contributed by atoms with E-state index in [1.807, 2.05) is 0 Å². The maximum atomic E-state index is 12.8. The summed E-state index contributed by atoms with van der Waals surface area (Å²) in [5, 5.41) is 11.7. The molecule has 19 heavy (non-hydrogen) atoms. The van der Waals surface area contributed by atoms with Crippen LogP contribution in [0.4, 0.5) is 4.39 Å². The van der Waals surface area contributed by atoms with Crippen LogP contribution in [-0.4, -0.2) is 16.0 Å². The highest BCUT2D eigenvalue weighted by Gasteiger charge is 2.13. The number of aromatic nitrogens is 1. The second-order valence-electron chi connectivity index (χ2n) is 3.85. The molecule has 2 aromatic rings. The lowest BCUT2D eigenvalue weighted by Gasteiger charge is -2.11. The Morgan fingerprint density at radius 2 is 2.00 bits per heavy atom. The number of aryl methyl sites for hydroxylation is 1. The number of oxime groups is 1. The van der Waals surface area contributed by atoms with E-state index in [-0.39, 0.29) is 17.5 Å². The topological polar surface area (TPSA) is 80.7 Å². The summed E-state index contributed by atoms with van der Waals surface area (Å²) in [5.74, 6) is 0.150. The lowest BCUT2D eigenvalue weighted by Crippen LogP contribution is -2.16. The van der Waals surface area contributed by atoms with E-state index in [9.17, 15) is 4.39 Å². The quantitative estimate of drug-likeness (QED) is 0.385. The number of halogens is 1. The summed E-state index contributed by atoms with van der Waals surface area (Å²) in [6.07, 6.45) is 1.54. The van der Waals surface area contributed by atoms with Crippen molar-refractivity contribution in [3.05, 3.63) is 53.5 Å². The van der Waals surface area contributed by atoms with Crippen LogP contribution in [0.1, 0.15) is 11.1 Å². The van der Waals surface area contributed by atoms with Gasteiger partial charge in [0, 0.05) is 6.20 Å². The predicted molar refractivity (Wildman–Crippen MR) is 68.0 cm³/mol. The number of nitrogens with zero attached hydrogens (tertiary/aromatic N) is 2. The van der Waals surface area contributed by atoms with E-state index in [1.54, 1.807) is 19.2 Å². The second-order valence-corrected chi connectivity index (χ2v) is 3.85. The van der Waals surface area contributed by atoms with E-state index in [0.29, 0.717) is 11.3 Å². The van der Waals surface area contributed by atoms with Gasteiger partial charge in [-0.2, -0.15) is 0 Å². The summed E-state index contributed by atoms with van der Waals surface area (Å²) in [7, 11) is 0. The summed E-state index contributed by atoms with van der Waals surface area (Å²) >= 11 is 0. The van der Waals surface area contributed by atoms with E-state index < -0.39 is 0 Å². The third-order valence-electron chi connectivity index (χ3n) is 2.52. The van der Waals surface area contributed by atoms with Gasteiger partial charge >= 0.3 is 0 Å². The number of nitrogens with two attached hydrogens (primary N) is 1. The molecular formula is C13H12FN3O2. The molecule has 0 atom stereocenters. The van der Waals surface area contributed by atoms with Gasteiger partial charge in [-0.3, -0.25) is 0 Å². The molecule has 0 saturated heterocycles. The number of benzene rings is 1. The van der Waals surface area contributed by atoms with Gasteiger partial charge in [-0.15, -0.1) is 0 Å². The van der Waals surface area contributed by atoms with Crippen LogP contribution in [0, 0.1) is 12.7 Å². The molecule has 0 radical (unpaired) electrons. The molecule has 1 heterocycles. The van der Waals surface area contributed by atoms with Gasteiger partial charge in [0.05, 0.1) is 5.56 Å². The number of amidine groups is 1. The van der Waals surface area contributed by atoms with E-state index in [1.165, 1.54) is 24.3 Å². The summed E-state index contributed by atoms with van der Waals surface area (Å²) in [4.78, 5) is 4.04. The average molecular weight is 261 g/mol. The smallest absolute Gasteiger partial charge is 0.230 e. The van der Waals surface area contributed by atoms with Gasteiger partial charge in [0.25, 0.3) is 0 Å². The second kappa shape index (κ2) is 5.34. The van der Waals surface area contributed by atoms with Crippen molar-refractivity contribution in [2.45, 2.75) is 6.92 Å². The summed E-state index contributed by atoms with van der Waals surface area (Å²) in [6.45, 7) is 1.78. The van der Waals surface area contributed by atoms with Gasteiger partial charge in [-0.25, -0.2) is 9.37 Å². The first kappa shape index (κ1) is 12.8. The van der Waals surface area contributed by atoms with Crippen molar-refractivity contribution in [3.63, 3.8) is 0 Å². The van der Waals surface area contributed by atoms with Crippen molar-refractivity contribution in [1.82, 2.24) is 4.98 Å². The number of pyridine rings is 1. The highest BCUT2D eigenvalue weighted by molar-refractivity contribution is 6.00. The molecule has 6 heteroatoms. The van der Waals surface area contributed by atoms with Crippen molar-refractivity contribution in [1.29, 1.82) is 0 Å². The van der Waals surface area contributed by atoms with Gasteiger partial charge in [0.1, 0.15) is 11.6 Å². The van der Waals surface area contributed by atoms with Gasteiger partial charge in [0.15, 0.2) is 5.84 Å². The standard InChI is InChI=1S/C13H12FN3O2/c1-8-6-7-16-13(11(8)12(15)17-18)19-10-4-2-9(14)3-5-10/h2-7,18H,1H3,(H2,15,17). The molecule has 0 aliphatic carbocycles. The molecule has 98 valence electrons. The Balaban J connectivity index is 2.40. The minimum absolute atomic E-state index is 0.0947. The van der Waals surface area contributed by atoms with Crippen molar-refractivity contribution in [3.8, 4) is 11.6 Å². The minimum atomic E-state index is -0.360. The Hall–Kier alpha value is -2.63. The molecule has 0 bridgehead atoms. The molecule has 0 saturated carbocycles. The fourth-order valence-electron chi connectivity index (χ4n) is 1.59. The molecule has 2 rings (SSSR count). The van der Waals surface area contributed by atoms with Crippen LogP contribution in [0.15, 0.2) is 41.7 Å². The van der Waals surface area contributed by atoms with Gasteiger partial charge in [0.2, 0.25) is 5.88 Å². The Bertz CT molecular complexity index is 612. The molecule has 0 fully saturated rings. The third kappa shape index (κ3) is 2.79. The van der Waals surface area contributed by atoms with Crippen LogP contribution < -0.4 is 10.5 Å². The first-order valence-electron chi connectivity index (χ1n) is 5.48. The molecule has 5 nitrogen and oxygen atoms in total. The van der Waals surface area contributed by atoms with Gasteiger partial charge in [-0.1, -0.05) is 5.16 Å². The molecule has 0 amide bonds. The summed E-state index contributed by atoms with van der Waals surface area (Å²) in [6, 6.07) is 7.19. The molecule has 3 N–H and O–H groups in total. The van der Waals surface area contributed by atoms with E-state index in [0.717, 1.165) is 5.56 Å². The lowest BCUT2D eigenvalue weighted by molar-refractivity contribution is 0.318. The molecular weight excluding hydrogens is 249 g/mol. The molecule has 0 unspecified atom stereocenters. The molecule has 1 aromatic heterocycles. The number of hydrogen-bond acceptors (Lipinski definition) is 4. The predicted octanol–water partition coefficient (Wildman–Crippen LogP) is 2.42. The highest BCUT2D eigenvalue weighted by atomic mass is 19.1. The Kier molecular flexibility index (Phi) is 3.61. The Morgan fingerprint density at radius 3 is 2.63 bits per heavy atom. The lowest BCUT2D eigenvalue weighted by atomic mass is 10.1. The zero-order valence-electron chi connectivity index (χ0n) is 10.2. The van der Waals surface area contributed by atoms with Crippen molar-refractivity contribution in [2.24, 2.45) is 10.9 Å². The molecule has 0 spiro atoms. The Morgan fingerprint density at radius 1 is 1.32 bits per heavy atom. The highest BCUT2D eigenvalue weighted by Crippen LogP contribution is 2.25. The third-order valence-corrected chi connectivity index (χ3v) is 2.52. The van der Waals surface area contributed by atoms with Crippen LogP contribution in [0.2, 0.25) is 0 Å². The largest absolute Gasteiger partial charge is 0.438 e. The number of ether oxygens (including phenoxy) is 1. The van der Waals surface area contributed by atoms with Crippen LogP contribution in [0.3, 0.4) is 0 Å². The molecule has 0 aliphatic heterocycles. The number of hydrogen-bond donors (Lipinski definition) is 2. The van der Waals surface area contributed by atoms with E-state index in [4.69, 9.17) is 15.7 Å². The SMILES string of the molecule is Cc1ccnc(Oc2ccc(F)cc2)c1/C(N)=N/O. The normalized spacial score (nSPS) is 11.4. The zero-order chi connectivity index (χ0) is 13.8. The van der Waals surface area contributed by atoms with Crippen LogP contribution in [0.25, 0.3) is 0 Å². The van der Waals surface area contributed by atoms with E-state index >= 15 is 0 Å². The monoisotopic (exact) mass is 261 g/mol. The van der Waals surface area contributed by atoms with Crippen molar-refractivity contribution >= 4 is 5.84 Å². The maximum Gasteiger partial charge on any atom is 0.230 e. The summed E-state index contributed by atoms with van der Waals surface area (Å²) < 4.78 is 18.3. The first-order chi connectivity index (χ1) is 9.11. The minimum Gasteiger partial charge on any atom is -0.438 e. The summed E-state index contributed by atoms with van der Waals surface area (Å²) in [5.41, 5.74) is 6.74.